The van der Waals surface area contributed by atoms with Gasteiger partial charge in [-0.15, -0.1) is 0 Å². The van der Waals surface area contributed by atoms with Gasteiger partial charge in [0.05, 0.1) is 11.0 Å². The average molecular weight is 513 g/mol. The first-order valence-corrected chi connectivity index (χ1v) is 12.3. The Morgan fingerprint density at radius 1 is 0.750 bits per heavy atom. The molecule has 2 heterocycles. The molecule has 0 aliphatic carbocycles. The molecule has 2 saturated heterocycles. The van der Waals surface area contributed by atoms with Gasteiger partial charge in [-0.2, -0.15) is 0 Å². The number of likely N-dealkylation sites (tertiary alicyclic amines) is 2. The highest BCUT2D eigenvalue weighted by Crippen LogP contribution is 2.19. The van der Waals surface area contributed by atoms with Gasteiger partial charge in [-0.1, -0.05) is 72.9 Å². The zero-order chi connectivity index (χ0) is 25.9. The Kier molecular flexibility index (Phi) is 10.1. The minimum Gasteiger partial charge on any atom is -0.445 e. The molecule has 36 heavy (non-hydrogen) atoms. The van der Waals surface area contributed by atoms with E-state index in [1.807, 2.05) is 60.7 Å². The lowest BCUT2D eigenvalue weighted by Crippen LogP contribution is -2.43. The first-order chi connectivity index (χ1) is 17.4. The molecule has 0 aromatic heterocycles. The molecule has 10 heteroatoms. The van der Waals surface area contributed by atoms with Crippen LogP contribution in [0.5, 0.6) is 0 Å². The summed E-state index contributed by atoms with van der Waals surface area (Å²) in [6.07, 6.45) is 2.34. The number of nitrogens with zero attached hydrogens (tertiary/aromatic N) is 2. The molecule has 0 saturated carbocycles. The number of primary amides is 1. The van der Waals surface area contributed by atoms with Crippen molar-refractivity contribution in [3.8, 4) is 0 Å². The van der Waals surface area contributed by atoms with Crippen molar-refractivity contribution in [2.75, 3.05) is 13.1 Å². The first-order valence-electron chi connectivity index (χ1n) is 11.9. The summed E-state index contributed by atoms with van der Waals surface area (Å²) < 4.78 is 10.4. The van der Waals surface area contributed by atoms with Crippen LogP contribution in [0.15, 0.2) is 60.7 Å². The van der Waals surface area contributed by atoms with Gasteiger partial charge < -0.3 is 20.9 Å². The fourth-order valence-electron chi connectivity index (χ4n) is 4.17. The number of carbonyl (C=O) groups excluding carboxylic acids is 3. The van der Waals surface area contributed by atoms with E-state index < -0.39 is 18.0 Å². The van der Waals surface area contributed by atoms with Crippen molar-refractivity contribution >= 4 is 35.3 Å². The second-order valence-corrected chi connectivity index (χ2v) is 9.06. The maximum absolute atomic E-state index is 11.9. The average Bonchev–Trinajstić information content (AvgIpc) is 3.58. The molecular weight excluding hydrogens is 480 g/mol. The molecule has 4 N–H and O–H groups in total. The predicted molar refractivity (Wildman–Crippen MR) is 139 cm³/mol. The maximum Gasteiger partial charge on any atom is 0.410 e. The van der Waals surface area contributed by atoms with Crippen LogP contribution in [-0.4, -0.2) is 58.1 Å². The number of amides is 3. The highest BCUT2D eigenvalue weighted by Gasteiger charge is 2.34. The van der Waals surface area contributed by atoms with Gasteiger partial charge in [-0.25, -0.2) is 9.59 Å². The van der Waals surface area contributed by atoms with Crippen LogP contribution in [0.2, 0.25) is 0 Å². The Hall–Kier alpha value is -3.66. The fourth-order valence-corrected chi connectivity index (χ4v) is 4.41. The van der Waals surface area contributed by atoms with Crippen molar-refractivity contribution in [1.82, 2.24) is 9.80 Å². The Bertz CT molecular complexity index is 954. The molecule has 2 aliphatic rings. The molecule has 2 aromatic carbocycles. The van der Waals surface area contributed by atoms with E-state index in [-0.39, 0.29) is 25.3 Å². The molecule has 192 valence electrons. The number of ether oxygens (including phenoxy) is 2. The van der Waals surface area contributed by atoms with Crippen LogP contribution in [0.3, 0.4) is 0 Å². The van der Waals surface area contributed by atoms with E-state index in [0.29, 0.717) is 24.5 Å². The highest BCUT2D eigenvalue weighted by atomic mass is 32.1. The van der Waals surface area contributed by atoms with Crippen molar-refractivity contribution in [3.05, 3.63) is 71.8 Å². The van der Waals surface area contributed by atoms with Gasteiger partial charge in [-0.3, -0.25) is 14.6 Å². The van der Waals surface area contributed by atoms with Gasteiger partial charge >= 0.3 is 12.2 Å². The molecule has 0 radical (unpaired) electrons. The van der Waals surface area contributed by atoms with Gasteiger partial charge in [0, 0.05) is 13.1 Å². The van der Waals surface area contributed by atoms with Crippen LogP contribution in [0.1, 0.15) is 36.8 Å². The van der Waals surface area contributed by atoms with Crippen molar-refractivity contribution < 1.29 is 23.9 Å². The molecule has 4 rings (SSSR count). The molecule has 9 nitrogen and oxygen atoms in total. The second-order valence-electron chi connectivity index (χ2n) is 8.59. The van der Waals surface area contributed by atoms with Gasteiger partial charge in [0.1, 0.15) is 19.3 Å². The number of hydrogen-bond acceptors (Lipinski definition) is 6. The molecule has 0 spiro atoms. The minimum absolute atomic E-state index is 0.150. The van der Waals surface area contributed by atoms with Crippen LogP contribution in [0.25, 0.3) is 0 Å². The quantitative estimate of drug-likeness (QED) is 0.568. The summed E-state index contributed by atoms with van der Waals surface area (Å²) in [6.45, 7) is 1.68. The number of nitrogens with two attached hydrogens (primary N) is 2. The van der Waals surface area contributed by atoms with Crippen LogP contribution >= 0.6 is 12.2 Å². The first kappa shape index (κ1) is 26.9. The highest BCUT2D eigenvalue weighted by molar-refractivity contribution is 7.80. The van der Waals surface area contributed by atoms with E-state index in [2.05, 4.69) is 0 Å². The number of rotatable bonds is 6. The van der Waals surface area contributed by atoms with Crippen molar-refractivity contribution in [1.29, 1.82) is 0 Å². The van der Waals surface area contributed by atoms with E-state index in [4.69, 9.17) is 33.2 Å². The lowest BCUT2D eigenvalue weighted by molar-refractivity contribution is -0.121. The molecule has 2 aromatic rings. The SMILES string of the molecule is NC(=O)[C@@H]1CCCN1C(=O)OCc1ccccc1.NC(=S)[C@@H]1CCCN1C(=O)OCc1ccccc1. The molecule has 0 bridgehead atoms. The summed E-state index contributed by atoms with van der Waals surface area (Å²) in [4.78, 5) is 38.3. The summed E-state index contributed by atoms with van der Waals surface area (Å²) >= 11 is 4.96. The molecule has 2 aliphatic heterocycles. The zero-order valence-electron chi connectivity index (χ0n) is 20.1. The molecule has 3 amide bonds. The number of carbonyl (C=O) groups is 3. The van der Waals surface area contributed by atoms with Crippen LogP contribution < -0.4 is 11.5 Å². The van der Waals surface area contributed by atoms with Crippen molar-refractivity contribution in [3.63, 3.8) is 0 Å². The summed E-state index contributed by atoms with van der Waals surface area (Å²) in [5, 5.41) is 0. The Labute approximate surface area is 216 Å². The Morgan fingerprint density at radius 2 is 1.17 bits per heavy atom. The lowest BCUT2D eigenvalue weighted by Gasteiger charge is -2.22. The maximum atomic E-state index is 11.9. The van der Waals surface area contributed by atoms with E-state index in [1.165, 1.54) is 4.90 Å². The second kappa shape index (κ2) is 13.4. The Balaban J connectivity index is 0.000000201. The van der Waals surface area contributed by atoms with Crippen LogP contribution in [0, 0.1) is 0 Å². The lowest BCUT2D eigenvalue weighted by atomic mass is 10.2. The van der Waals surface area contributed by atoms with Crippen molar-refractivity contribution in [2.45, 2.75) is 51.0 Å². The third kappa shape index (κ3) is 7.67. The third-order valence-corrected chi connectivity index (χ3v) is 6.31. The standard InChI is InChI=1S/C13H16N2O3.C13H16N2O2S/c14-12(16)11-7-4-8-15(11)13(17)18-9-10-5-2-1-3-6-10;14-12(18)11-7-4-8-15(11)13(16)17-9-10-5-2-1-3-6-10/h1-3,5-6,11H,4,7-9H2,(H2,14,16);1-3,5-6,11H,4,7-9H2,(H2,14,18)/t2*11-/m00/s1. The van der Waals surface area contributed by atoms with Gasteiger partial charge in [-0.05, 0) is 36.8 Å². The van der Waals surface area contributed by atoms with Gasteiger partial charge in [0.2, 0.25) is 5.91 Å². The molecular formula is C26H32N4O5S. The summed E-state index contributed by atoms with van der Waals surface area (Å²) in [5.74, 6) is -0.468. The predicted octanol–water partition coefficient (Wildman–Crippen LogP) is 3.35. The fraction of sp³-hybridized carbons (Fsp3) is 0.385. The normalized spacial score (nSPS) is 18.7. The van der Waals surface area contributed by atoms with Gasteiger partial charge in [0.15, 0.2) is 0 Å². The van der Waals surface area contributed by atoms with Crippen molar-refractivity contribution in [2.24, 2.45) is 11.5 Å². The van der Waals surface area contributed by atoms with Crippen LogP contribution in [-0.2, 0) is 27.5 Å². The van der Waals surface area contributed by atoms with E-state index in [1.54, 1.807) is 4.90 Å². The molecule has 2 atom stereocenters. The smallest absolute Gasteiger partial charge is 0.410 e. The summed E-state index contributed by atoms with van der Waals surface area (Å²) in [6, 6.07) is 18.3. The zero-order valence-corrected chi connectivity index (χ0v) is 20.9. The number of hydrogen-bond donors (Lipinski definition) is 2. The topological polar surface area (TPSA) is 128 Å². The Morgan fingerprint density at radius 3 is 1.58 bits per heavy atom. The number of thiocarbonyl (C=S) groups is 1. The largest absolute Gasteiger partial charge is 0.445 e. The minimum atomic E-state index is -0.520. The number of benzene rings is 2. The summed E-state index contributed by atoms with van der Waals surface area (Å²) in [7, 11) is 0. The summed E-state index contributed by atoms with van der Waals surface area (Å²) in [5.41, 5.74) is 12.7. The van der Waals surface area contributed by atoms with E-state index in [0.717, 1.165) is 30.4 Å². The van der Waals surface area contributed by atoms with Gasteiger partial charge in [0.25, 0.3) is 0 Å². The third-order valence-electron chi connectivity index (χ3n) is 6.04. The van der Waals surface area contributed by atoms with Crippen LogP contribution in [0.4, 0.5) is 9.59 Å². The van der Waals surface area contributed by atoms with E-state index in [9.17, 15) is 14.4 Å². The molecule has 0 unspecified atom stereocenters. The van der Waals surface area contributed by atoms with E-state index >= 15 is 0 Å². The molecule has 2 fully saturated rings. The monoisotopic (exact) mass is 512 g/mol.